The Hall–Kier alpha value is -0.720. The molecule has 0 heterocycles. The van der Waals surface area contributed by atoms with Gasteiger partial charge in [-0.15, -0.1) is 12.6 Å². The number of thiol groups is 1. The summed E-state index contributed by atoms with van der Waals surface area (Å²) >= 11 is 3.79. The van der Waals surface area contributed by atoms with Gasteiger partial charge in [-0.3, -0.25) is 19.3 Å². The van der Waals surface area contributed by atoms with Crippen LogP contribution < -0.4 is 5.32 Å². The lowest BCUT2D eigenvalue weighted by Crippen LogP contribution is -2.45. The van der Waals surface area contributed by atoms with Crippen molar-refractivity contribution in [1.82, 2.24) is 10.2 Å². The maximum Gasteiger partial charge on any atom is 0.199 e. The Morgan fingerprint density at radius 1 is 1.19 bits per heavy atom. The topological polar surface area (TPSA) is 66.5 Å². The first-order valence-electron chi connectivity index (χ1n) is 7.54. The number of unbranched alkanes of at least 4 members (excludes halogenated alkanes) is 1. The molecular formula is C15H28N2O3S. The van der Waals surface area contributed by atoms with Gasteiger partial charge in [0.15, 0.2) is 5.12 Å². The fraction of sp³-hybridized carbons (Fsp3) is 0.800. The number of hydrogen-bond donors (Lipinski definition) is 2. The summed E-state index contributed by atoms with van der Waals surface area (Å²) in [6.07, 6.45) is 3.75. The molecule has 1 unspecified atom stereocenters. The summed E-state index contributed by atoms with van der Waals surface area (Å²) in [5, 5.41) is 2.74. The molecule has 0 amide bonds. The lowest BCUT2D eigenvalue weighted by molar-refractivity contribution is -0.126. The predicted octanol–water partition coefficient (Wildman–Crippen LogP) is 1.46. The molecule has 0 bridgehead atoms. The van der Waals surface area contributed by atoms with Gasteiger partial charge in [0.25, 0.3) is 0 Å². The van der Waals surface area contributed by atoms with Gasteiger partial charge in [-0.05, 0) is 39.8 Å². The Morgan fingerprint density at radius 3 is 2.33 bits per heavy atom. The van der Waals surface area contributed by atoms with E-state index in [1.807, 2.05) is 14.0 Å². The molecule has 5 nitrogen and oxygen atoms in total. The largest absolute Gasteiger partial charge is 0.320 e. The maximum atomic E-state index is 11.9. The summed E-state index contributed by atoms with van der Waals surface area (Å²) in [6.45, 7) is 4.53. The minimum absolute atomic E-state index is 0.00154. The monoisotopic (exact) mass is 316 g/mol. The summed E-state index contributed by atoms with van der Waals surface area (Å²) in [6, 6.07) is -0.376. The highest BCUT2D eigenvalue weighted by molar-refractivity contribution is 7.96. The van der Waals surface area contributed by atoms with Gasteiger partial charge >= 0.3 is 0 Å². The third kappa shape index (κ3) is 9.77. The maximum absolute atomic E-state index is 11.9. The number of nitrogens with one attached hydrogen (secondary N) is 1. The van der Waals surface area contributed by atoms with Crippen molar-refractivity contribution in [3.63, 3.8) is 0 Å². The van der Waals surface area contributed by atoms with E-state index in [4.69, 9.17) is 0 Å². The Balaban J connectivity index is 4.71. The van der Waals surface area contributed by atoms with Crippen LogP contribution in [0.1, 0.15) is 46.0 Å². The molecule has 0 fully saturated rings. The fourth-order valence-electron chi connectivity index (χ4n) is 2.32. The molecule has 0 rings (SSSR count). The molecule has 0 aliphatic heterocycles. The van der Waals surface area contributed by atoms with Crippen LogP contribution in [0.2, 0.25) is 0 Å². The molecule has 0 spiro atoms. The van der Waals surface area contributed by atoms with Crippen molar-refractivity contribution in [3.8, 4) is 0 Å². The van der Waals surface area contributed by atoms with Crippen molar-refractivity contribution in [2.45, 2.75) is 52.0 Å². The highest BCUT2D eigenvalue weighted by Crippen LogP contribution is 2.12. The van der Waals surface area contributed by atoms with Crippen LogP contribution in [0.5, 0.6) is 0 Å². The second-order valence-electron chi connectivity index (χ2n) is 5.31. The van der Waals surface area contributed by atoms with E-state index in [-0.39, 0.29) is 35.8 Å². The molecule has 0 aromatic carbocycles. The first-order chi connectivity index (χ1) is 9.92. The van der Waals surface area contributed by atoms with E-state index in [1.165, 1.54) is 6.92 Å². The number of hydrogen-bond acceptors (Lipinski definition) is 5. The van der Waals surface area contributed by atoms with E-state index in [9.17, 15) is 14.4 Å². The molecule has 1 atom stereocenters. The van der Waals surface area contributed by atoms with E-state index in [0.717, 1.165) is 25.8 Å². The Morgan fingerprint density at radius 2 is 1.86 bits per heavy atom. The minimum atomic E-state index is -0.376. The van der Waals surface area contributed by atoms with Crippen molar-refractivity contribution >= 4 is 29.3 Å². The van der Waals surface area contributed by atoms with Gasteiger partial charge in [0, 0.05) is 6.42 Å². The summed E-state index contributed by atoms with van der Waals surface area (Å²) in [7, 11) is 1.89. The number of Topliss-reactive ketones (excluding diaryl/α,β-unsaturated/α-hetero) is 2. The quantitative estimate of drug-likeness (QED) is 0.398. The van der Waals surface area contributed by atoms with E-state index < -0.39 is 0 Å². The van der Waals surface area contributed by atoms with Gasteiger partial charge in [-0.2, -0.15) is 0 Å². The minimum Gasteiger partial charge on any atom is -0.320 e. The zero-order valence-corrected chi connectivity index (χ0v) is 14.2. The number of carbonyl (C=O) groups is 3. The van der Waals surface area contributed by atoms with Crippen LogP contribution >= 0.6 is 12.6 Å². The van der Waals surface area contributed by atoms with Crippen molar-refractivity contribution in [1.29, 1.82) is 0 Å². The number of ketones is 2. The second kappa shape index (κ2) is 11.9. The fourth-order valence-corrected chi connectivity index (χ4v) is 2.50. The molecule has 0 aromatic rings. The van der Waals surface area contributed by atoms with Gasteiger partial charge in [0.2, 0.25) is 0 Å². The average Bonchev–Trinajstić information content (AvgIpc) is 2.37. The smallest absolute Gasteiger partial charge is 0.199 e. The van der Waals surface area contributed by atoms with E-state index in [0.29, 0.717) is 12.8 Å². The third-order valence-electron chi connectivity index (χ3n) is 3.31. The Kier molecular flexibility index (Phi) is 11.5. The summed E-state index contributed by atoms with van der Waals surface area (Å²) < 4.78 is 0. The van der Waals surface area contributed by atoms with Crippen LogP contribution in [0, 0.1) is 0 Å². The molecule has 0 saturated carbocycles. The third-order valence-corrected chi connectivity index (χ3v) is 3.45. The molecule has 1 N–H and O–H groups in total. The molecule has 122 valence electrons. The number of carbonyl (C=O) groups excluding carboxylic acids is 3. The molecule has 21 heavy (non-hydrogen) atoms. The van der Waals surface area contributed by atoms with Crippen molar-refractivity contribution in [2.75, 3.05) is 26.7 Å². The molecule has 0 aliphatic carbocycles. The Labute approximate surface area is 133 Å². The van der Waals surface area contributed by atoms with Crippen molar-refractivity contribution in [3.05, 3.63) is 0 Å². The van der Waals surface area contributed by atoms with Crippen LogP contribution in [0.3, 0.4) is 0 Å². The van der Waals surface area contributed by atoms with Crippen LogP contribution in [0.4, 0.5) is 0 Å². The van der Waals surface area contributed by atoms with Crippen LogP contribution in [0.15, 0.2) is 0 Å². The van der Waals surface area contributed by atoms with Crippen molar-refractivity contribution < 1.29 is 14.4 Å². The highest BCUT2D eigenvalue weighted by Gasteiger charge is 2.25. The van der Waals surface area contributed by atoms with Gasteiger partial charge in [-0.1, -0.05) is 13.3 Å². The molecule has 0 radical (unpaired) electrons. The normalized spacial score (nSPS) is 12.4. The van der Waals surface area contributed by atoms with E-state index in [1.54, 1.807) is 4.90 Å². The Bertz CT molecular complexity index is 348. The van der Waals surface area contributed by atoms with Gasteiger partial charge < -0.3 is 5.32 Å². The van der Waals surface area contributed by atoms with Crippen molar-refractivity contribution in [2.24, 2.45) is 0 Å². The van der Waals surface area contributed by atoms with Crippen LogP contribution in [-0.2, 0) is 14.4 Å². The van der Waals surface area contributed by atoms with Crippen LogP contribution in [0.25, 0.3) is 0 Å². The summed E-state index contributed by atoms with van der Waals surface area (Å²) in [5.74, 6) is 0.0619. The summed E-state index contributed by atoms with van der Waals surface area (Å²) in [4.78, 5) is 36.7. The molecule has 0 aliphatic rings. The zero-order chi connectivity index (χ0) is 16.3. The van der Waals surface area contributed by atoms with E-state index in [2.05, 4.69) is 17.9 Å². The van der Waals surface area contributed by atoms with Gasteiger partial charge in [-0.25, -0.2) is 0 Å². The zero-order valence-electron chi connectivity index (χ0n) is 13.4. The average molecular weight is 316 g/mol. The number of rotatable bonds is 13. The predicted molar refractivity (Wildman–Crippen MR) is 87.7 cm³/mol. The van der Waals surface area contributed by atoms with Gasteiger partial charge in [0.1, 0.15) is 11.6 Å². The van der Waals surface area contributed by atoms with E-state index >= 15 is 0 Å². The lowest BCUT2D eigenvalue weighted by atomic mass is 10.0. The molecule has 0 saturated heterocycles. The molecular weight excluding hydrogens is 288 g/mol. The SMILES string of the molecule is CCCC(=O)CN(CC(=O)S)C(CCCCNC)C(C)=O. The summed E-state index contributed by atoms with van der Waals surface area (Å²) in [5.41, 5.74) is 0. The van der Waals surface area contributed by atoms with Gasteiger partial charge in [0.05, 0.1) is 19.1 Å². The highest BCUT2D eigenvalue weighted by atomic mass is 32.1. The molecule has 0 aromatic heterocycles. The number of nitrogens with zero attached hydrogens (tertiary/aromatic N) is 1. The first-order valence-corrected chi connectivity index (χ1v) is 7.99. The molecule has 6 heteroatoms. The first kappa shape index (κ1) is 20.3. The second-order valence-corrected chi connectivity index (χ2v) is 5.81. The standard InChI is InChI=1S/C15H28N2O3S/c1-4-7-13(19)10-17(11-15(20)21)14(12(2)18)8-5-6-9-16-3/h14,16H,4-11H2,1-3H3,(H,20,21). The van der Waals surface area contributed by atoms with Crippen LogP contribution in [-0.4, -0.2) is 54.3 Å². The lowest BCUT2D eigenvalue weighted by Gasteiger charge is -2.28.